The second kappa shape index (κ2) is 9.03. The SMILES string of the molecule is CCOC(=O)c1cc(S(=O)(=O)N2CCC[C@@H]2C(=O)Nc2ccc(C(C)=O)cc2)cn1C. The van der Waals surface area contributed by atoms with Gasteiger partial charge in [-0.2, -0.15) is 4.31 Å². The van der Waals surface area contributed by atoms with E-state index in [0.717, 1.165) is 4.31 Å². The minimum absolute atomic E-state index is 0.0661. The molecule has 0 saturated carbocycles. The van der Waals surface area contributed by atoms with Gasteiger partial charge in [-0.15, -0.1) is 0 Å². The lowest BCUT2D eigenvalue weighted by Crippen LogP contribution is -2.43. The third-order valence-electron chi connectivity index (χ3n) is 5.14. The van der Waals surface area contributed by atoms with Crippen LogP contribution in [0.4, 0.5) is 5.69 Å². The number of hydrogen-bond donors (Lipinski definition) is 1. The first-order chi connectivity index (χ1) is 14.6. The van der Waals surface area contributed by atoms with Crippen LogP contribution in [0.1, 0.15) is 47.5 Å². The summed E-state index contributed by atoms with van der Waals surface area (Å²) in [5, 5.41) is 2.72. The van der Waals surface area contributed by atoms with Crippen LogP contribution in [0.3, 0.4) is 0 Å². The van der Waals surface area contributed by atoms with Crippen molar-refractivity contribution in [2.75, 3.05) is 18.5 Å². The Morgan fingerprint density at radius 1 is 1.19 bits per heavy atom. The first-order valence-electron chi connectivity index (χ1n) is 9.92. The Bertz CT molecular complexity index is 1100. The normalized spacial score (nSPS) is 16.8. The molecule has 166 valence electrons. The van der Waals surface area contributed by atoms with E-state index >= 15 is 0 Å². The molecular weight excluding hydrogens is 422 g/mol. The van der Waals surface area contributed by atoms with Gasteiger partial charge in [-0.3, -0.25) is 9.59 Å². The minimum atomic E-state index is -3.99. The van der Waals surface area contributed by atoms with Gasteiger partial charge in [0.25, 0.3) is 0 Å². The number of nitrogens with zero attached hydrogens (tertiary/aromatic N) is 2. The van der Waals surface area contributed by atoms with Crippen LogP contribution < -0.4 is 5.32 Å². The molecule has 0 aliphatic carbocycles. The fourth-order valence-corrected chi connectivity index (χ4v) is 5.25. The largest absolute Gasteiger partial charge is 0.461 e. The zero-order valence-electron chi connectivity index (χ0n) is 17.6. The number of amides is 1. The Morgan fingerprint density at radius 2 is 1.87 bits per heavy atom. The molecule has 1 amide bonds. The molecule has 1 aliphatic heterocycles. The number of rotatable bonds is 7. The molecule has 0 radical (unpaired) electrons. The van der Waals surface area contributed by atoms with Crippen molar-refractivity contribution < 1.29 is 27.5 Å². The summed E-state index contributed by atoms with van der Waals surface area (Å²) in [7, 11) is -2.43. The third kappa shape index (κ3) is 4.70. The van der Waals surface area contributed by atoms with Crippen LogP contribution in [0.5, 0.6) is 0 Å². The maximum Gasteiger partial charge on any atom is 0.354 e. The van der Waals surface area contributed by atoms with Crippen LogP contribution in [0, 0.1) is 0 Å². The first kappa shape index (κ1) is 22.7. The van der Waals surface area contributed by atoms with Gasteiger partial charge in [-0.05, 0) is 57.0 Å². The average molecular weight is 448 g/mol. The molecule has 1 aliphatic rings. The number of benzene rings is 1. The number of Topliss-reactive ketones (excluding diaryl/α,β-unsaturated/α-hetero) is 1. The third-order valence-corrected chi connectivity index (χ3v) is 7.01. The number of esters is 1. The highest BCUT2D eigenvalue weighted by Gasteiger charge is 2.40. The van der Waals surface area contributed by atoms with Gasteiger partial charge in [0.15, 0.2) is 5.78 Å². The Balaban J connectivity index is 1.80. The maximum atomic E-state index is 13.2. The fraction of sp³-hybridized carbons (Fsp3) is 0.381. The Morgan fingerprint density at radius 3 is 2.48 bits per heavy atom. The molecule has 3 rings (SSSR count). The van der Waals surface area contributed by atoms with E-state index < -0.39 is 27.9 Å². The molecule has 0 unspecified atom stereocenters. The van der Waals surface area contributed by atoms with Gasteiger partial charge < -0.3 is 14.6 Å². The van der Waals surface area contributed by atoms with Crippen molar-refractivity contribution in [3.05, 3.63) is 47.8 Å². The average Bonchev–Trinajstić information content (AvgIpc) is 3.36. The maximum absolute atomic E-state index is 13.2. The summed E-state index contributed by atoms with van der Waals surface area (Å²) in [4.78, 5) is 36.2. The summed E-state index contributed by atoms with van der Waals surface area (Å²) in [5.41, 5.74) is 1.11. The topological polar surface area (TPSA) is 115 Å². The number of nitrogens with one attached hydrogen (secondary N) is 1. The van der Waals surface area contributed by atoms with Gasteiger partial charge >= 0.3 is 5.97 Å². The van der Waals surface area contributed by atoms with Crippen LogP contribution in [0.2, 0.25) is 0 Å². The van der Waals surface area contributed by atoms with Crippen LogP contribution in [-0.4, -0.2) is 54.1 Å². The monoisotopic (exact) mass is 447 g/mol. The van der Waals surface area contributed by atoms with Crippen molar-refractivity contribution in [2.45, 2.75) is 37.6 Å². The van der Waals surface area contributed by atoms with E-state index in [1.807, 2.05) is 0 Å². The molecule has 1 aromatic carbocycles. The van der Waals surface area contributed by atoms with E-state index in [1.54, 1.807) is 38.2 Å². The Kier molecular flexibility index (Phi) is 6.61. The number of carbonyl (C=O) groups is 3. The second-order valence-electron chi connectivity index (χ2n) is 7.29. The molecule has 0 bridgehead atoms. The van der Waals surface area contributed by atoms with E-state index in [0.29, 0.717) is 24.1 Å². The summed E-state index contributed by atoms with van der Waals surface area (Å²) >= 11 is 0. The van der Waals surface area contributed by atoms with Gasteiger partial charge in [0.2, 0.25) is 15.9 Å². The van der Waals surface area contributed by atoms with Crippen LogP contribution in [0.15, 0.2) is 41.4 Å². The highest BCUT2D eigenvalue weighted by molar-refractivity contribution is 7.89. The molecule has 10 heteroatoms. The molecule has 31 heavy (non-hydrogen) atoms. The molecule has 0 spiro atoms. The molecular formula is C21H25N3O6S. The van der Waals surface area contributed by atoms with Crippen molar-refractivity contribution in [3.63, 3.8) is 0 Å². The van der Waals surface area contributed by atoms with E-state index in [1.165, 1.54) is 23.8 Å². The van der Waals surface area contributed by atoms with Crippen molar-refractivity contribution in [3.8, 4) is 0 Å². The van der Waals surface area contributed by atoms with Gasteiger partial charge in [-0.25, -0.2) is 13.2 Å². The van der Waals surface area contributed by atoms with E-state index in [2.05, 4.69) is 5.32 Å². The second-order valence-corrected chi connectivity index (χ2v) is 9.18. The standard InChI is InChI=1S/C21H25N3O6S/c1-4-30-21(27)19-12-17(13-23(19)3)31(28,29)24-11-5-6-18(24)20(26)22-16-9-7-15(8-10-16)14(2)25/h7-10,12-13,18H,4-6,11H2,1-3H3,(H,22,26)/t18-/m1/s1. The molecule has 1 fully saturated rings. The quantitative estimate of drug-likeness (QED) is 0.514. The van der Waals surface area contributed by atoms with Crippen molar-refractivity contribution >= 4 is 33.4 Å². The molecule has 1 saturated heterocycles. The van der Waals surface area contributed by atoms with E-state index in [9.17, 15) is 22.8 Å². The molecule has 1 aromatic heterocycles. The van der Waals surface area contributed by atoms with Gasteiger partial charge in [0, 0.05) is 31.0 Å². The number of ketones is 1. The van der Waals surface area contributed by atoms with E-state index in [4.69, 9.17) is 4.74 Å². The van der Waals surface area contributed by atoms with Crippen LogP contribution >= 0.6 is 0 Å². The van der Waals surface area contributed by atoms with Gasteiger partial charge in [-0.1, -0.05) is 0 Å². The van der Waals surface area contributed by atoms with Crippen LogP contribution in [-0.2, 0) is 26.6 Å². The summed E-state index contributed by atoms with van der Waals surface area (Å²) in [6, 6.07) is 6.80. The number of carbonyl (C=O) groups excluding carboxylic acids is 3. The zero-order chi connectivity index (χ0) is 22.8. The zero-order valence-corrected chi connectivity index (χ0v) is 18.4. The van der Waals surface area contributed by atoms with Gasteiger partial charge in [0.05, 0.1) is 6.61 Å². The first-order valence-corrected chi connectivity index (χ1v) is 11.4. The predicted molar refractivity (Wildman–Crippen MR) is 113 cm³/mol. The predicted octanol–water partition coefficient (Wildman–Crippen LogP) is 2.20. The lowest BCUT2D eigenvalue weighted by atomic mass is 10.1. The Hall–Kier alpha value is -2.98. The summed E-state index contributed by atoms with van der Waals surface area (Å²) < 4.78 is 33.9. The van der Waals surface area contributed by atoms with Gasteiger partial charge in [0.1, 0.15) is 16.6 Å². The summed E-state index contributed by atoms with van der Waals surface area (Å²) in [5.74, 6) is -1.15. The number of anilines is 1. The van der Waals surface area contributed by atoms with Crippen molar-refractivity contribution in [1.29, 1.82) is 0 Å². The molecule has 9 nitrogen and oxygen atoms in total. The number of aryl methyl sites for hydroxylation is 1. The number of aromatic nitrogens is 1. The van der Waals surface area contributed by atoms with Crippen molar-refractivity contribution in [1.82, 2.24) is 8.87 Å². The highest BCUT2D eigenvalue weighted by atomic mass is 32.2. The molecule has 2 aromatic rings. The van der Waals surface area contributed by atoms with E-state index in [-0.39, 0.29) is 29.5 Å². The smallest absolute Gasteiger partial charge is 0.354 e. The fourth-order valence-electron chi connectivity index (χ4n) is 3.52. The van der Waals surface area contributed by atoms with Crippen LogP contribution in [0.25, 0.3) is 0 Å². The van der Waals surface area contributed by atoms with Crippen molar-refractivity contribution in [2.24, 2.45) is 7.05 Å². The number of hydrogen-bond acceptors (Lipinski definition) is 6. The summed E-state index contributed by atoms with van der Waals surface area (Å²) in [6.45, 7) is 3.49. The Labute approximate surface area is 181 Å². The summed E-state index contributed by atoms with van der Waals surface area (Å²) in [6.07, 6.45) is 2.27. The lowest BCUT2D eigenvalue weighted by molar-refractivity contribution is -0.119. The number of sulfonamides is 1. The number of ether oxygens (including phenoxy) is 1. The lowest BCUT2D eigenvalue weighted by Gasteiger charge is -2.23. The minimum Gasteiger partial charge on any atom is -0.461 e. The molecule has 2 heterocycles. The highest BCUT2D eigenvalue weighted by Crippen LogP contribution is 2.28. The molecule has 1 N–H and O–H groups in total. The molecule has 1 atom stereocenters.